The molecule has 0 fully saturated rings. The van der Waals surface area contributed by atoms with Gasteiger partial charge in [0.2, 0.25) is 5.60 Å². The average molecular weight is 351 g/mol. The van der Waals surface area contributed by atoms with E-state index in [1.807, 2.05) is 0 Å². The average Bonchev–Trinajstić information content (AvgIpc) is 2.82. The van der Waals surface area contributed by atoms with Crippen LogP contribution >= 0.6 is 23.7 Å². The van der Waals surface area contributed by atoms with Crippen LogP contribution in [0.25, 0.3) is 0 Å². The first-order valence-corrected chi connectivity index (χ1v) is 6.58. The Morgan fingerprint density at radius 3 is 2.68 bits per heavy atom. The molecule has 0 saturated heterocycles. The highest BCUT2D eigenvalue weighted by Crippen LogP contribution is 2.15. The molecule has 11 heteroatoms. The Morgan fingerprint density at radius 2 is 2.23 bits per heavy atom. The van der Waals surface area contributed by atoms with Crippen molar-refractivity contribution in [3.8, 4) is 0 Å². The Hall–Kier alpha value is -2.20. The third kappa shape index (κ3) is 5.30. The van der Waals surface area contributed by atoms with Gasteiger partial charge in [0.05, 0.1) is 6.54 Å². The smallest absolute Gasteiger partial charge is 0.350 e. The lowest BCUT2D eigenvalue weighted by atomic mass is 10.1. The summed E-state index contributed by atoms with van der Waals surface area (Å²) in [6.07, 6.45) is 0.493. The van der Waals surface area contributed by atoms with E-state index in [1.165, 1.54) is 19.2 Å². The highest BCUT2D eigenvalue weighted by molar-refractivity contribution is 7.13. The van der Waals surface area contributed by atoms with Gasteiger partial charge in [-0.2, -0.15) is 0 Å². The summed E-state index contributed by atoms with van der Waals surface area (Å²) in [5, 5.41) is 16.4. The predicted molar refractivity (Wildman–Crippen MR) is 82.2 cm³/mol. The highest BCUT2D eigenvalue weighted by Gasteiger charge is 2.31. The first-order valence-electron chi connectivity index (χ1n) is 5.70. The maximum absolute atomic E-state index is 11.9. The molecule has 122 valence electrons. The summed E-state index contributed by atoms with van der Waals surface area (Å²) in [6, 6.07) is 0. The van der Waals surface area contributed by atoms with Crippen molar-refractivity contribution in [3.63, 3.8) is 0 Å². The van der Waals surface area contributed by atoms with Gasteiger partial charge in [0, 0.05) is 5.38 Å². The molecule has 0 aromatic carbocycles. The Kier molecular flexibility index (Phi) is 7.46. The summed E-state index contributed by atoms with van der Waals surface area (Å²) >= 11 is 1.08. The van der Waals surface area contributed by atoms with Gasteiger partial charge in [0.25, 0.3) is 5.91 Å². The maximum atomic E-state index is 11.9. The Morgan fingerprint density at radius 1 is 1.59 bits per heavy atom. The van der Waals surface area contributed by atoms with Crippen molar-refractivity contribution >= 4 is 52.7 Å². The summed E-state index contributed by atoms with van der Waals surface area (Å²) < 4.78 is 0. The van der Waals surface area contributed by atoms with E-state index in [0.29, 0.717) is 6.29 Å². The van der Waals surface area contributed by atoms with Crippen LogP contribution < -0.4 is 11.1 Å². The van der Waals surface area contributed by atoms with Gasteiger partial charge in [-0.05, 0) is 13.8 Å². The minimum absolute atomic E-state index is 0. The summed E-state index contributed by atoms with van der Waals surface area (Å²) in [6.45, 7) is 2.32. The summed E-state index contributed by atoms with van der Waals surface area (Å²) in [5.41, 5.74) is 3.71. The van der Waals surface area contributed by atoms with E-state index in [9.17, 15) is 14.4 Å². The van der Waals surface area contributed by atoms with Crippen LogP contribution in [0, 0.1) is 0 Å². The molecule has 4 N–H and O–H groups in total. The van der Waals surface area contributed by atoms with E-state index >= 15 is 0 Å². The van der Waals surface area contributed by atoms with E-state index < -0.39 is 17.5 Å². The first kappa shape index (κ1) is 19.8. The van der Waals surface area contributed by atoms with Crippen LogP contribution in [0.3, 0.4) is 0 Å². The lowest BCUT2D eigenvalue weighted by molar-refractivity contribution is -0.161. The summed E-state index contributed by atoms with van der Waals surface area (Å²) in [7, 11) is 0. The van der Waals surface area contributed by atoms with E-state index in [1.54, 1.807) is 0 Å². The van der Waals surface area contributed by atoms with Gasteiger partial charge in [-0.1, -0.05) is 5.16 Å². The fraction of sp³-hybridized carbons (Fsp3) is 0.364. The quantitative estimate of drug-likeness (QED) is 0.358. The van der Waals surface area contributed by atoms with Crippen LogP contribution in [0.5, 0.6) is 0 Å². The molecule has 0 aliphatic rings. The zero-order chi connectivity index (χ0) is 16.0. The first-order chi connectivity index (χ1) is 9.77. The van der Waals surface area contributed by atoms with E-state index in [2.05, 4.69) is 15.5 Å². The number of halogens is 1. The Labute approximate surface area is 135 Å². The van der Waals surface area contributed by atoms with Gasteiger partial charge in [-0.3, -0.25) is 4.79 Å². The van der Waals surface area contributed by atoms with E-state index in [0.717, 1.165) is 11.3 Å². The molecule has 1 heterocycles. The minimum Gasteiger partial charge on any atom is -0.478 e. The van der Waals surface area contributed by atoms with Gasteiger partial charge in [-0.25, -0.2) is 9.78 Å². The van der Waals surface area contributed by atoms with Crippen LogP contribution in [0.1, 0.15) is 19.5 Å². The molecule has 1 amide bonds. The van der Waals surface area contributed by atoms with Gasteiger partial charge in [0.1, 0.15) is 12.0 Å². The molecule has 0 saturated carbocycles. The number of hydrogen-bond acceptors (Lipinski definition) is 8. The molecule has 0 aliphatic heterocycles. The summed E-state index contributed by atoms with van der Waals surface area (Å²) in [4.78, 5) is 41.9. The molecular formula is C11H15ClN4O5S. The Bertz CT molecular complexity index is 587. The van der Waals surface area contributed by atoms with Crippen LogP contribution in [0.4, 0.5) is 5.13 Å². The SMILES string of the molecule is CC(C)(O/N=C(\C(=O)NCC=O)c1csc(N)n1)C(=O)O.Cl. The number of rotatable bonds is 7. The van der Waals surface area contributed by atoms with Crippen molar-refractivity contribution in [2.75, 3.05) is 12.3 Å². The zero-order valence-corrected chi connectivity index (χ0v) is 13.4. The molecule has 0 radical (unpaired) electrons. The monoisotopic (exact) mass is 350 g/mol. The van der Waals surface area contributed by atoms with Crippen molar-refractivity contribution in [2.45, 2.75) is 19.4 Å². The number of nitrogens with two attached hydrogens (primary N) is 1. The summed E-state index contributed by atoms with van der Waals surface area (Å²) in [5.74, 6) is -1.98. The second-order valence-corrected chi connectivity index (χ2v) is 5.18. The number of nitrogen functional groups attached to an aromatic ring is 1. The number of aromatic nitrogens is 1. The lowest BCUT2D eigenvalue weighted by Crippen LogP contribution is -2.36. The molecule has 0 aliphatic carbocycles. The minimum atomic E-state index is -1.63. The Balaban J connectivity index is 0.00000441. The lowest BCUT2D eigenvalue weighted by Gasteiger charge is -2.16. The molecule has 0 atom stereocenters. The number of oxime groups is 1. The topological polar surface area (TPSA) is 144 Å². The van der Waals surface area contributed by atoms with Crippen molar-refractivity contribution in [2.24, 2.45) is 5.16 Å². The molecule has 1 rings (SSSR count). The number of hydrogen-bond donors (Lipinski definition) is 3. The number of nitrogens with zero attached hydrogens (tertiary/aromatic N) is 2. The van der Waals surface area contributed by atoms with Gasteiger partial charge < -0.3 is 25.8 Å². The number of thiazole rings is 1. The van der Waals surface area contributed by atoms with Gasteiger partial charge >= 0.3 is 5.97 Å². The van der Waals surface area contributed by atoms with Crippen LogP contribution in [-0.4, -0.2) is 46.1 Å². The van der Waals surface area contributed by atoms with Crippen molar-refractivity contribution < 1.29 is 24.3 Å². The van der Waals surface area contributed by atoms with Crippen molar-refractivity contribution in [3.05, 3.63) is 11.1 Å². The number of aliphatic carboxylic acids is 1. The standard InChI is InChI=1S/C11H14N4O5S.ClH/c1-11(2,9(18)19)20-15-7(8(17)13-3-4-16)6-5-21-10(12)14-6;/h4-5H,3H2,1-2H3,(H2,12,14)(H,13,17)(H,18,19);1H/b15-7-;. The molecule has 9 nitrogen and oxygen atoms in total. The van der Waals surface area contributed by atoms with Gasteiger partial charge in [0.15, 0.2) is 10.8 Å². The number of nitrogens with one attached hydrogen (secondary N) is 1. The van der Waals surface area contributed by atoms with E-state index in [-0.39, 0.29) is 35.5 Å². The van der Waals surface area contributed by atoms with Crippen LogP contribution in [0.15, 0.2) is 10.5 Å². The van der Waals surface area contributed by atoms with Crippen LogP contribution in [-0.2, 0) is 19.2 Å². The number of aldehydes is 1. The number of carbonyl (C=O) groups excluding carboxylic acids is 2. The molecule has 1 aromatic heterocycles. The fourth-order valence-corrected chi connectivity index (χ4v) is 1.57. The maximum Gasteiger partial charge on any atom is 0.350 e. The van der Waals surface area contributed by atoms with Crippen LogP contribution in [0.2, 0.25) is 0 Å². The third-order valence-electron chi connectivity index (χ3n) is 2.21. The molecule has 0 unspecified atom stereocenters. The second kappa shape index (κ2) is 8.29. The number of carbonyl (C=O) groups is 3. The predicted octanol–water partition coefficient (Wildman–Crippen LogP) is 0.0461. The number of amides is 1. The van der Waals surface area contributed by atoms with Crippen molar-refractivity contribution in [1.29, 1.82) is 0 Å². The van der Waals surface area contributed by atoms with E-state index in [4.69, 9.17) is 15.7 Å². The van der Waals surface area contributed by atoms with Gasteiger partial charge in [-0.15, -0.1) is 23.7 Å². The second-order valence-electron chi connectivity index (χ2n) is 4.29. The molecule has 22 heavy (non-hydrogen) atoms. The third-order valence-corrected chi connectivity index (χ3v) is 2.88. The normalized spacial score (nSPS) is 11.3. The van der Waals surface area contributed by atoms with Crippen molar-refractivity contribution in [1.82, 2.24) is 10.3 Å². The number of carboxylic acid groups (broad SMARTS) is 1. The molecular weight excluding hydrogens is 336 g/mol. The number of carboxylic acids is 1. The molecule has 1 aromatic rings. The zero-order valence-electron chi connectivity index (χ0n) is 11.7. The highest BCUT2D eigenvalue weighted by atomic mass is 35.5. The largest absolute Gasteiger partial charge is 0.478 e. The molecule has 0 bridgehead atoms. The fourth-order valence-electron chi connectivity index (χ4n) is 1.02. The number of anilines is 1. The molecule has 0 spiro atoms.